The summed E-state index contributed by atoms with van der Waals surface area (Å²) in [5.74, 6) is 0. The molecule has 0 unspecified atom stereocenters. The number of hydrogen-bond acceptors (Lipinski definition) is 0. The Balaban J connectivity index is 2.78. The van der Waals surface area contributed by atoms with E-state index in [0.717, 1.165) is 19.3 Å². The fourth-order valence-corrected chi connectivity index (χ4v) is 2.37. The van der Waals surface area contributed by atoms with Crippen LogP contribution in [0.5, 0.6) is 0 Å². The van der Waals surface area contributed by atoms with E-state index in [1.54, 1.807) is 0 Å². The maximum atomic E-state index is 3.80. The zero-order chi connectivity index (χ0) is 11.5. The lowest BCUT2D eigenvalue weighted by Crippen LogP contribution is -2.03. The molecule has 2 rings (SSSR count). The highest BCUT2D eigenvalue weighted by Gasteiger charge is 2.19. The maximum absolute atomic E-state index is 3.80. The summed E-state index contributed by atoms with van der Waals surface area (Å²) in [4.78, 5) is 0. The average Bonchev–Trinajstić information content (AvgIpc) is 2.36. The fraction of sp³-hybridized carbons (Fsp3) is 0.250. The maximum Gasteiger partial charge on any atom is 0.00184 e. The van der Waals surface area contributed by atoms with Crippen LogP contribution in [-0.2, 0) is 6.42 Å². The van der Waals surface area contributed by atoms with Crippen LogP contribution >= 0.6 is 0 Å². The van der Waals surface area contributed by atoms with Crippen molar-refractivity contribution in [1.29, 1.82) is 0 Å². The van der Waals surface area contributed by atoms with Gasteiger partial charge in [-0.05, 0) is 36.0 Å². The third-order valence-corrected chi connectivity index (χ3v) is 3.21. The summed E-state index contributed by atoms with van der Waals surface area (Å²) in [5.41, 5.74) is 12.6. The molecular weight excluding hydrogens is 192 g/mol. The molecule has 1 aromatic carbocycles. The van der Waals surface area contributed by atoms with Crippen LogP contribution in [0.15, 0.2) is 42.8 Å². The first-order valence-corrected chi connectivity index (χ1v) is 5.72. The lowest BCUT2D eigenvalue weighted by molar-refractivity contribution is 1.03. The third-order valence-electron chi connectivity index (χ3n) is 3.21. The molecule has 0 aromatic heterocycles. The van der Waals surface area contributed by atoms with Crippen LogP contribution in [0.4, 0.5) is 0 Å². The summed E-state index contributed by atoms with van der Waals surface area (Å²) in [5, 5.41) is 0. The Bertz CT molecular complexity index is 519. The van der Waals surface area contributed by atoms with Crippen molar-refractivity contribution >= 4 is 11.1 Å². The van der Waals surface area contributed by atoms with E-state index in [2.05, 4.69) is 49.7 Å². The van der Waals surface area contributed by atoms with Crippen molar-refractivity contribution in [2.75, 3.05) is 0 Å². The van der Waals surface area contributed by atoms with E-state index in [1.807, 2.05) is 0 Å². The van der Waals surface area contributed by atoms with Crippen LogP contribution in [0.2, 0.25) is 0 Å². The van der Waals surface area contributed by atoms with E-state index >= 15 is 0 Å². The van der Waals surface area contributed by atoms with Crippen molar-refractivity contribution in [3.8, 4) is 0 Å². The van der Waals surface area contributed by atoms with Gasteiger partial charge < -0.3 is 0 Å². The lowest BCUT2D eigenvalue weighted by atomic mass is 9.81. The molecule has 0 spiro atoms. The summed E-state index contributed by atoms with van der Waals surface area (Å²) >= 11 is 0. The van der Waals surface area contributed by atoms with Gasteiger partial charge in [0, 0.05) is 11.1 Å². The van der Waals surface area contributed by atoms with Crippen LogP contribution < -0.4 is 0 Å². The molecule has 0 radical (unpaired) electrons. The summed E-state index contributed by atoms with van der Waals surface area (Å²) in [7, 11) is 0. The molecule has 1 aliphatic rings. The molecule has 16 heavy (non-hydrogen) atoms. The molecule has 0 saturated carbocycles. The second-order valence-corrected chi connectivity index (χ2v) is 4.00. The first kappa shape index (κ1) is 10.8. The molecule has 0 fully saturated rings. The Labute approximate surface area is 97.3 Å². The molecule has 0 aliphatic heterocycles. The molecule has 0 bridgehead atoms. The number of hydrogen-bond donors (Lipinski definition) is 0. The SMILES string of the molecule is C=C=C1CCC(=C=C)c2c(CC)cccc21. The Morgan fingerprint density at radius 1 is 1.12 bits per heavy atom. The highest BCUT2D eigenvalue weighted by Crippen LogP contribution is 2.38. The van der Waals surface area contributed by atoms with Gasteiger partial charge in [0.15, 0.2) is 0 Å². The molecule has 0 heteroatoms. The molecule has 0 nitrogen and oxygen atoms in total. The molecule has 0 N–H and O–H groups in total. The first-order valence-electron chi connectivity index (χ1n) is 5.72. The predicted octanol–water partition coefficient (Wildman–Crippen LogP) is 4.38. The second kappa shape index (κ2) is 4.41. The van der Waals surface area contributed by atoms with E-state index in [4.69, 9.17) is 0 Å². The van der Waals surface area contributed by atoms with Gasteiger partial charge >= 0.3 is 0 Å². The molecule has 80 valence electrons. The van der Waals surface area contributed by atoms with Crippen LogP contribution in [0, 0.1) is 0 Å². The predicted molar refractivity (Wildman–Crippen MR) is 70.1 cm³/mol. The van der Waals surface area contributed by atoms with Gasteiger partial charge in [0.05, 0.1) is 0 Å². The number of aryl methyl sites for hydroxylation is 1. The minimum absolute atomic E-state index is 1.00. The quantitative estimate of drug-likeness (QED) is 0.601. The van der Waals surface area contributed by atoms with Gasteiger partial charge in [0.2, 0.25) is 0 Å². The van der Waals surface area contributed by atoms with Gasteiger partial charge in [-0.1, -0.05) is 38.3 Å². The number of fused-ring (bicyclic) bond motifs is 1. The van der Waals surface area contributed by atoms with Crippen molar-refractivity contribution < 1.29 is 0 Å². The normalized spacial score (nSPS) is 14.1. The molecule has 1 aliphatic carbocycles. The Hall–Kier alpha value is -1.74. The van der Waals surface area contributed by atoms with E-state index in [1.165, 1.54) is 27.8 Å². The molecule has 0 atom stereocenters. The van der Waals surface area contributed by atoms with E-state index in [-0.39, 0.29) is 0 Å². The van der Waals surface area contributed by atoms with Gasteiger partial charge in [0.25, 0.3) is 0 Å². The largest absolute Gasteiger partial charge is 0.125 e. The number of benzene rings is 1. The molecule has 1 aromatic rings. The van der Waals surface area contributed by atoms with Crippen LogP contribution in [0.3, 0.4) is 0 Å². The van der Waals surface area contributed by atoms with Crippen LogP contribution in [0.1, 0.15) is 36.5 Å². The van der Waals surface area contributed by atoms with Crippen molar-refractivity contribution in [3.63, 3.8) is 0 Å². The van der Waals surface area contributed by atoms with Gasteiger partial charge in [0.1, 0.15) is 0 Å². The minimum Gasteiger partial charge on any atom is -0.125 e. The summed E-state index contributed by atoms with van der Waals surface area (Å²) in [6, 6.07) is 6.45. The highest BCUT2D eigenvalue weighted by molar-refractivity contribution is 5.85. The standard InChI is InChI=1S/C16H16/c1-4-12-10-11-14(6-3)16-13(5-2)8-7-9-15(12)16/h7-9H,1,3,5,10-11H2,2H3. The second-order valence-electron chi connectivity index (χ2n) is 4.00. The van der Waals surface area contributed by atoms with Gasteiger partial charge in [-0.2, -0.15) is 0 Å². The van der Waals surface area contributed by atoms with E-state index < -0.39 is 0 Å². The van der Waals surface area contributed by atoms with Gasteiger partial charge in [-0.25, -0.2) is 0 Å². The molecular formula is C16H16. The lowest BCUT2D eigenvalue weighted by Gasteiger charge is -2.22. The van der Waals surface area contributed by atoms with Crippen LogP contribution in [0.25, 0.3) is 11.1 Å². The van der Waals surface area contributed by atoms with E-state index in [0.29, 0.717) is 0 Å². The molecule has 0 amide bonds. The monoisotopic (exact) mass is 208 g/mol. The van der Waals surface area contributed by atoms with Crippen molar-refractivity contribution in [3.05, 3.63) is 59.5 Å². The fourth-order valence-electron chi connectivity index (χ4n) is 2.37. The molecule has 0 heterocycles. The van der Waals surface area contributed by atoms with Gasteiger partial charge in [-0.15, -0.1) is 11.5 Å². The minimum atomic E-state index is 1.00. The summed E-state index contributed by atoms with van der Waals surface area (Å²) < 4.78 is 0. The van der Waals surface area contributed by atoms with Crippen LogP contribution in [-0.4, -0.2) is 0 Å². The van der Waals surface area contributed by atoms with Gasteiger partial charge in [-0.3, -0.25) is 0 Å². The smallest absolute Gasteiger partial charge is 0.00184 e. The Morgan fingerprint density at radius 3 is 2.44 bits per heavy atom. The highest BCUT2D eigenvalue weighted by atomic mass is 14.2. The Morgan fingerprint density at radius 2 is 1.81 bits per heavy atom. The number of rotatable bonds is 1. The van der Waals surface area contributed by atoms with Crippen molar-refractivity contribution in [2.24, 2.45) is 0 Å². The van der Waals surface area contributed by atoms with Crippen molar-refractivity contribution in [1.82, 2.24) is 0 Å². The summed E-state index contributed by atoms with van der Waals surface area (Å²) in [6.45, 7) is 9.77. The average molecular weight is 208 g/mol. The zero-order valence-electron chi connectivity index (χ0n) is 9.77. The molecule has 0 saturated heterocycles. The Kier molecular flexibility index (Phi) is 2.97. The third kappa shape index (κ3) is 1.59. The zero-order valence-corrected chi connectivity index (χ0v) is 9.77. The first-order chi connectivity index (χ1) is 7.81. The number of allylic oxidation sites excluding steroid dienone is 2. The van der Waals surface area contributed by atoms with Crippen molar-refractivity contribution in [2.45, 2.75) is 26.2 Å². The van der Waals surface area contributed by atoms with E-state index in [9.17, 15) is 0 Å². The topological polar surface area (TPSA) is 0 Å². The summed E-state index contributed by atoms with van der Waals surface area (Å²) in [6.07, 6.45) is 3.05.